The fraction of sp³-hybridized carbons (Fsp3) is 0.267. The number of carbonyl (C=O) groups excluding carboxylic acids is 1. The first-order valence-electron chi connectivity index (χ1n) is 6.98. The lowest BCUT2D eigenvalue weighted by Gasteiger charge is -2.09. The van der Waals surface area contributed by atoms with Gasteiger partial charge in [-0.25, -0.2) is 4.98 Å². The maximum absolute atomic E-state index is 12.0. The molecule has 0 unspecified atom stereocenters. The summed E-state index contributed by atoms with van der Waals surface area (Å²) >= 11 is 0. The number of carbonyl (C=O) groups is 1. The smallest absolute Gasteiger partial charge is 0.422 e. The van der Waals surface area contributed by atoms with E-state index in [0.29, 0.717) is 18.7 Å². The molecule has 2 rings (SSSR count). The highest BCUT2D eigenvalue weighted by Crippen LogP contribution is 2.17. The number of rotatable bonds is 6. The molecular formula is C15H15F3N4O2. The number of pyridine rings is 2. The molecule has 3 N–H and O–H groups in total. The molecule has 9 heteroatoms. The maximum atomic E-state index is 12.0. The van der Waals surface area contributed by atoms with Crippen LogP contribution in [-0.4, -0.2) is 35.2 Å². The third kappa shape index (κ3) is 5.75. The van der Waals surface area contributed by atoms with Crippen molar-refractivity contribution in [3.8, 4) is 5.88 Å². The zero-order valence-corrected chi connectivity index (χ0v) is 12.5. The molecule has 0 saturated carbocycles. The molecule has 2 aromatic heterocycles. The third-order valence-electron chi connectivity index (χ3n) is 2.90. The van der Waals surface area contributed by atoms with Crippen LogP contribution in [0.25, 0.3) is 0 Å². The van der Waals surface area contributed by atoms with Crippen molar-refractivity contribution in [2.75, 3.05) is 18.9 Å². The van der Waals surface area contributed by atoms with Crippen molar-refractivity contribution in [3.63, 3.8) is 0 Å². The lowest BCUT2D eigenvalue weighted by atomic mass is 10.2. The summed E-state index contributed by atoms with van der Waals surface area (Å²) in [4.78, 5) is 19.5. The zero-order chi connectivity index (χ0) is 17.6. The minimum Gasteiger partial charge on any atom is -0.468 e. The fourth-order valence-corrected chi connectivity index (χ4v) is 1.78. The fourth-order valence-electron chi connectivity index (χ4n) is 1.78. The summed E-state index contributed by atoms with van der Waals surface area (Å²) in [5, 5.41) is 2.67. The molecule has 6 nitrogen and oxygen atoms in total. The van der Waals surface area contributed by atoms with Crippen LogP contribution in [-0.2, 0) is 6.42 Å². The first kappa shape index (κ1) is 17.5. The molecule has 0 aliphatic carbocycles. The highest BCUT2D eigenvalue weighted by Gasteiger charge is 2.28. The van der Waals surface area contributed by atoms with Gasteiger partial charge in [0, 0.05) is 30.7 Å². The average Bonchev–Trinajstić information content (AvgIpc) is 2.53. The first-order chi connectivity index (χ1) is 11.3. The average molecular weight is 340 g/mol. The second-order valence-electron chi connectivity index (χ2n) is 4.89. The summed E-state index contributed by atoms with van der Waals surface area (Å²) in [6.45, 7) is -1.07. The van der Waals surface area contributed by atoms with E-state index >= 15 is 0 Å². The van der Waals surface area contributed by atoms with Gasteiger partial charge in [-0.05, 0) is 24.1 Å². The molecule has 0 bridgehead atoms. The van der Waals surface area contributed by atoms with Crippen LogP contribution in [0.5, 0.6) is 5.88 Å². The number of halogens is 3. The molecular weight excluding hydrogens is 325 g/mol. The highest BCUT2D eigenvalue weighted by molar-refractivity contribution is 5.92. The number of hydrogen-bond acceptors (Lipinski definition) is 5. The number of nitrogens with one attached hydrogen (secondary N) is 1. The van der Waals surface area contributed by atoms with Gasteiger partial charge in [0.2, 0.25) is 5.88 Å². The van der Waals surface area contributed by atoms with E-state index in [0.717, 1.165) is 5.56 Å². The van der Waals surface area contributed by atoms with Crippen molar-refractivity contribution in [2.24, 2.45) is 0 Å². The second-order valence-corrected chi connectivity index (χ2v) is 4.89. The Balaban J connectivity index is 1.79. The first-order valence-corrected chi connectivity index (χ1v) is 6.98. The minimum atomic E-state index is -4.40. The SMILES string of the molecule is Nc1ccnc(C(=O)NCCc2ccc(OCC(F)(F)F)nc2)c1. The molecule has 0 radical (unpaired) electrons. The topological polar surface area (TPSA) is 90.1 Å². The van der Waals surface area contributed by atoms with Crippen molar-refractivity contribution >= 4 is 11.6 Å². The van der Waals surface area contributed by atoms with Crippen LogP contribution < -0.4 is 15.8 Å². The highest BCUT2D eigenvalue weighted by atomic mass is 19.4. The van der Waals surface area contributed by atoms with E-state index in [1.54, 1.807) is 12.1 Å². The Morgan fingerprint density at radius 2 is 2.04 bits per heavy atom. The van der Waals surface area contributed by atoms with Crippen molar-refractivity contribution in [2.45, 2.75) is 12.6 Å². The number of hydrogen-bond donors (Lipinski definition) is 2. The van der Waals surface area contributed by atoms with Crippen LogP contribution in [0.2, 0.25) is 0 Å². The number of aromatic nitrogens is 2. The van der Waals surface area contributed by atoms with Gasteiger partial charge in [-0.1, -0.05) is 6.07 Å². The van der Waals surface area contributed by atoms with E-state index in [4.69, 9.17) is 5.73 Å². The number of nitrogens with two attached hydrogens (primary N) is 1. The normalized spacial score (nSPS) is 11.1. The molecule has 24 heavy (non-hydrogen) atoms. The maximum Gasteiger partial charge on any atom is 0.422 e. The summed E-state index contributed by atoms with van der Waals surface area (Å²) in [6.07, 6.45) is -1.11. The Morgan fingerprint density at radius 1 is 1.25 bits per heavy atom. The van der Waals surface area contributed by atoms with Crippen LogP contribution in [0.15, 0.2) is 36.7 Å². The monoisotopic (exact) mass is 340 g/mol. The van der Waals surface area contributed by atoms with Crippen molar-refractivity contribution in [1.29, 1.82) is 0 Å². The molecule has 0 aromatic carbocycles. The van der Waals surface area contributed by atoms with E-state index in [2.05, 4.69) is 20.0 Å². The van der Waals surface area contributed by atoms with E-state index in [9.17, 15) is 18.0 Å². The van der Waals surface area contributed by atoms with Crippen molar-refractivity contribution < 1.29 is 22.7 Å². The third-order valence-corrected chi connectivity index (χ3v) is 2.90. The minimum absolute atomic E-state index is 0.107. The molecule has 0 aliphatic rings. The van der Waals surface area contributed by atoms with Crippen LogP contribution >= 0.6 is 0 Å². The number of nitrogens with zero attached hydrogens (tertiary/aromatic N) is 2. The number of nitrogen functional groups attached to an aromatic ring is 1. The van der Waals surface area contributed by atoms with Crippen molar-refractivity contribution in [1.82, 2.24) is 15.3 Å². The molecule has 0 atom stereocenters. The van der Waals surface area contributed by atoms with E-state index in [1.807, 2.05) is 0 Å². The Labute approximate surface area is 135 Å². The molecule has 0 spiro atoms. The van der Waals surface area contributed by atoms with Gasteiger partial charge in [0.25, 0.3) is 5.91 Å². The summed E-state index contributed by atoms with van der Waals surface area (Å²) in [5.41, 5.74) is 6.97. The lowest BCUT2D eigenvalue weighted by molar-refractivity contribution is -0.154. The molecule has 128 valence electrons. The van der Waals surface area contributed by atoms with Gasteiger partial charge in [0.15, 0.2) is 6.61 Å². The van der Waals surface area contributed by atoms with Gasteiger partial charge in [-0.3, -0.25) is 9.78 Å². The molecule has 2 aromatic rings. The van der Waals surface area contributed by atoms with Crippen LogP contribution in [0, 0.1) is 0 Å². The van der Waals surface area contributed by atoms with Crippen LogP contribution in [0.3, 0.4) is 0 Å². The van der Waals surface area contributed by atoms with E-state index in [1.165, 1.54) is 24.5 Å². The molecule has 0 saturated heterocycles. The summed E-state index contributed by atoms with van der Waals surface area (Å²) < 4.78 is 40.6. The lowest BCUT2D eigenvalue weighted by Crippen LogP contribution is -2.26. The van der Waals surface area contributed by atoms with Crippen LogP contribution in [0.1, 0.15) is 16.1 Å². The standard InChI is InChI=1S/C15H15F3N4O2/c16-15(17,18)9-24-13-2-1-10(8-22-13)3-5-21-14(23)12-7-11(19)4-6-20-12/h1-2,4,6-8H,3,5,9H2,(H2,19,20)(H,21,23). The molecule has 0 fully saturated rings. The number of amides is 1. The van der Waals surface area contributed by atoms with Gasteiger partial charge >= 0.3 is 6.18 Å². The van der Waals surface area contributed by atoms with Crippen molar-refractivity contribution in [3.05, 3.63) is 47.9 Å². The Bertz CT molecular complexity index is 690. The zero-order valence-electron chi connectivity index (χ0n) is 12.5. The van der Waals surface area contributed by atoms with Gasteiger partial charge in [0.1, 0.15) is 5.69 Å². The molecule has 2 heterocycles. The Morgan fingerprint density at radius 3 is 2.67 bits per heavy atom. The van der Waals surface area contributed by atoms with E-state index < -0.39 is 12.8 Å². The number of alkyl halides is 3. The Hall–Kier alpha value is -2.84. The van der Waals surface area contributed by atoms with Gasteiger partial charge in [-0.2, -0.15) is 13.2 Å². The quantitative estimate of drug-likeness (QED) is 0.839. The van der Waals surface area contributed by atoms with Gasteiger partial charge in [-0.15, -0.1) is 0 Å². The summed E-state index contributed by atoms with van der Waals surface area (Å²) in [7, 11) is 0. The largest absolute Gasteiger partial charge is 0.468 e. The van der Waals surface area contributed by atoms with Gasteiger partial charge < -0.3 is 15.8 Å². The summed E-state index contributed by atoms with van der Waals surface area (Å²) in [5.74, 6) is -0.468. The van der Waals surface area contributed by atoms with E-state index in [-0.39, 0.29) is 17.5 Å². The number of ether oxygens (including phenoxy) is 1. The Kier molecular flexibility index (Phi) is 5.56. The molecule has 1 amide bonds. The predicted octanol–water partition coefficient (Wildman–Crippen LogP) is 1.97. The number of anilines is 1. The summed E-state index contributed by atoms with van der Waals surface area (Å²) in [6, 6.07) is 5.97. The van der Waals surface area contributed by atoms with Gasteiger partial charge in [0.05, 0.1) is 0 Å². The van der Waals surface area contributed by atoms with Crippen LogP contribution in [0.4, 0.5) is 18.9 Å². The predicted molar refractivity (Wildman–Crippen MR) is 80.5 cm³/mol. The molecule has 0 aliphatic heterocycles. The second kappa shape index (κ2) is 7.62.